The molecular weight excluding hydrogens is 228 g/mol. The van der Waals surface area contributed by atoms with E-state index in [1.807, 2.05) is 12.1 Å². The van der Waals surface area contributed by atoms with Crippen molar-refractivity contribution in [2.45, 2.75) is 25.4 Å². The molecule has 4 nitrogen and oxygen atoms in total. The number of benzene rings is 1. The van der Waals surface area contributed by atoms with Crippen molar-refractivity contribution in [2.75, 3.05) is 27.3 Å². The third-order valence-electron chi connectivity index (χ3n) is 3.43. The summed E-state index contributed by atoms with van der Waals surface area (Å²) in [5.74, 6) is 1.71. The highest BCUT2D eigenvalue weighted by atomic mass is 16.5. The maximum atomic E-state index is 6.00. The molecule has 1 saturated heterocycles. The summed E-state index contributed by atoms with van der Waals surface area (Å²) in [7, 11) is 3.36. The minimum Gasteiger partial charge on any atom is -0.497 e. The van der Waals surface area contributed by atoms with Gasteiger partial charge in [0, 0.05) is 30.8 Å². The number of likely N-dealkylation sites (tertiary alicyclic amines) is 1. The zero-order chi connectivity index (χ0) is 13.0. The van der Waals surface area contributed by atoms with Crippen LogP contribution in [0.4, 0.5) is 0 Å². The van der Waals surface area contributed by atoms with Crippen molar-refractivity contribution >= 4 is 0 Å². The predicted octanol–water partition coefficient (Wildman–Crippen LogP) is 1.63. The van der Waals surface area contributed by atoms with E-state index >= 15 is 0 Å². The number of nitrogens with two attached hydrogens (primary N) is 1. The van der Waals surface area contributed by atoms with Gasteiger partial charge in [-0.2, -0.15) is 0 Å². The van der Waals surface area contributed by atoms with Crippen LogP contribution in [0.3, 0.4) is 0 Å². The molecule has 0 spiro atoms. The van der Waals surface area contributed by atoms with Gasteiger partial charge in [-0.1, -0.05) is 6.07 Å². The predicted molar refractivity (Wildman–Crippen MR) is 72.0 cm³/mol. The molecule has 0 aliphatic carbocycles. The molecule has 1 unspecified atom stereocenters. The normalized spacial score (nSPS) is 20.7. The summed E-state index contributed by atoms with van der Waals surface area (Å²) in [6, 6.07) is 6.28. The van der Waals surface area contributed by atoms with Crippen LogP contribution in [0.2, 0.25) is 0 Å². The van der Waals surface area contributed by atoms with E-state index in [1.54, 1.807) is 14.2 Å². The minimum atomic E-state index is 0.308. The largest absolute Gasteiger partial charge is 0.497 e. The fraction of sp³-hybridized carbons (Fsp3) is 0.571. The van der Waals surface area contributed by atoms with Crippen LogP contribution in [0.25, 0.3) is 0 Å². The molecule has 0 radical (unpaired) electrons. The Labute approximate surface area is 109 Å². The van der Waals surface area contributed by atoms with E-state index < -0.39 is 0 Å². The lowest BCUT2D eigenvalue weighted by Gasteiger charge is -2.31. The number of rotatable bonds is 4. The molecule has 1 aliphatic rings. The zero-order valence-corrected chi connectivity index (χ0v) is 11.2. The van der Waals surface area contributed by atoms with Crippen molar-refractivity contribution in [3.8, 4) is 11.5 Å². The molecule has 100 valence electrons. The number of hydrogen-bond acceptors (Lipinski definition) is 4. The Morgan fingerprint density at radius 1 is 1.33 bits per heavy atom. The van der Waals surface area contributed by atoms with Gasteiger partial charge in [-0.05, 0) is 25.5 Å². The highest BCUT2D eigenvalue weighted by Gasteiger charge is 2.18. The lowest BCUT2D eigenvalue weighted by Crippen LogP contribution is -2.42. The second-order valence-electron chi connectivity index (χ2n) is 4.82. The Kier molecular flexibility index (Phi) is 4.44. The van der Waals surface area contributed by atoms with Crippen LogP contribution in [0.15, 0.2) is 18.2 Å². The van der Waals surface area contributed by atoms with E-state index in [0.717, 1.165) is 37.6 Å². The highest BCUT2D eigenvalue weighted by molar-refractivity contribution is 5.40. The molecule has 0 amide bonds. The van der Waals surface area contributed by atoms with Crippen molar-refractivity contribution in [2.24, 2.45) is 5.73 Å². The Hall–Kier alpha value is -1.26. The molecule has 0 saturated carbocycles. The first kappa shape index (κ1) is 13.2. The molecule has 1 atom stereocenters. The van der Waals surface area contributed by atoms with E-state index in [1.165, 1.54) is 12.0 Å². The van der Waals surface area contributed by atoms with Crippen LogP contribution < -0.4 is 15.2 Å². The fourth-order valence-corrected chi connectivity index (χ4v) is 2.46. The first-order valence-electron chi connectivity index (χ1n) is 6.41. The average molecular weight is 250 g/mol. The lowest BCUT2D eigenvalue weighted by atomic mass is 10.1. The van der Waals surface area contributed by atoms with Crippen molar-refractivity contribution in [3.05, 3.63) is 23.8 Å². The van der Waals surface area contributed by atoms with E-state index in [2.05, 4.69) is 11.0 Å². The molecular formula is C14H22N2O2. The molecule has 18 heavy (non-hydrogen) atoms. The molecule has 0 aromatic heterocycles. The van der Waals surface area contributed by atoms with E-state index in [0.29, 0.717) is 6.04 Å². The number of ether oxygens (including phenoxy) is 2. The molecule has 4 heteroatoms. The summed E-state index contributed by atoms with van der Waals surface area (Å²) in [6.45, 7) is 2.97. The number of piperidine rings is 1. The van der Waals surface area contributed by atoms with Gasteiger partial charge in [-0.25, -0.2) is 0 Å². The van der Waals surface area contributed by atoms with Crippen LogP contribution in [0.5, 0.6) is 11.5 Å². The Morgan fingerprint density at radius 2 is 2.17 bits per heavy atom. The van der Waals surface area contributed by atoms with Crippen LogP contribution in [0, 0.1) is 0 Å². The highest BCUT2D eigenvalue weighted by Crippen LogP contribution is 2.26. The lowest BCUT2D eigenvalue weighted by molar-refractivity contribution is 0.199. The van der Waals surface area contributed by atoms with Gasteiger partial charge in [-0.3, -0.25) is 4.90 Å². The van der Waals surface area contributed by atoms with Gasteiger partial charge in [0.25, 0.3) is 0 Å². The van der Waals surface area contributed by atoms with Crippen molar-refractivity contribution in [1.29, 1.82) is 0 Å². The van der Waals surface area contributed by atoms with Crippen molar-refractivity contribution in [1.82, 2.24) is 4.90 Å². The Bertz CT molecular complexity index is 395. The molecule has 1 aromatic rings. The summed E-state index contributed by atoms with van der Waals surface area (Å²) in [6.07, 6.45) is 2.32. The number of methoxy groups -OCH3 is 2. The molecule has 2 rings (SSSR count). The molecule has 2 N–H and O–H groups in total. The van der Waals surface area contributed by atoms with E-state index in [9.17, 15) is 0 Å². The van der Waals surface area contributed by atoms with Gasteiger partial charge in [0.15, 0.2) is 0 Å². The zero-order valence-electron chi connectivity index (χ0n) is 11.2. The summed E-state index contributed by atoms with van der Waals surface area (Å²) in [5.41, 5.74) is 7.19. The van der Waals surface area contributed by atoms with Crippen LogP contribution in [0.1, 0.15) is 18.4 Å². The maximum absolute atomic E-state index is 6.00. The minimum absolute atomic E-state index is 0.308. The van der Waals surface area contributed by atoms with Crippen molar-refractivity contribution in [3.63, 3.8) is 0 Å². The molecule has 1 aromatic carbocycles. The van der Waals surface area contributed by atoms with Crippen LogP contribution in [-0.4, -0.2) is 38.3 Å². The quantitative estimate of drug-likeness (QED) is 0.882. The van der Waals surface area contributed by atoms with Crippen LogP contribution in [-0.2, 0) is 6.54 Å². The maximum Gasteiger partial charge on any atom is 0.127 e. The monoisotopic (exact) mass is 250 g/mol. The van der Waals surface area contributed by atoms with Gasteiger partial charge < -0.3 is 15.2 Å². The summed E-state index contributed by atoms with van der Waals surface area (Å²) < 4.78 is 10.6. The van der Waals surface area contributed by atoms with E-state index in [-0.39, 0.29) is 0 Å². The van der Waals surface area contributed by atoms with E-state index in [4.69, 9.17) is 15.2 Å². The third kappa shape index (κ3) is 3.15. The average Bonchev–Trinajstić information content (AvgIpc) is 2.39. The molecule has 1 fully saturated rings. The second-order valence-corrected chi connectivity index (χ2v) is 4.82. The smallest absolute Gasteiger partial charge is 0.127 e. The Morgan fingerprint density at radius 3 is 2.83 bits per heavy atom. The number of hydrogen-bond donors (Lipinski definition) is 1. The Balaban J connectivity index is 2.08. The topological polar surface area (TPSA) is 47.7 Å². The van der Waals surface area contributed by atoms with Gasteiger partial charge in [0.1, 0.15) is 11.5 Å². The molecule has 1 aliphatic heterocycles. The molecule has 1 heterocycles. The first-order valence-corrected chi connectivity index (χ1v) is 6.41. The SMILES string of the molecule is COc1ccc(CN2CCCC(N)C2)c(OC)c1. The summed E-state index contributed by atoms with van der Waals surface area (Å²) >= 11 is 0. The van der Waals surface area contributed by atoms with Gasteiger partial charge in [0.05, 0.1) is 14.2 Å². The summed E-state index contributed by atoms with van der Waals surface area (Å²) in [4.78, 5) is 2.39. The van der Waals surface area contributed by atoms with Gasteiger partial charge in [-0.15, -0.1) is 0 Å². The van der Waals surface area contributed by atoms with Crippen LogP contribution >= 0.6 is 0 Å². The second kappa shape index (κ2) is 6.07. The van der Waals surface area contributed by atoms with Gasteiger partial charge >= 0.3 is 0 Å². The first-order chi connectivity index (χ1) is 8.72. The third-order valence-corrected chi connectivity index (χ3v) is 3.43. The van der Waals surface area contributed by atoms with Crippen molar-refractivity contribution < 1.29 is 9.47 Å². The van der Waals surface area contributed by atoms with Gasteiger partial charge in [0.2, 0.25) is 0 Å². The standard InChI is InChI=1S/C14H22N2O2/c1-17-13-6-5-11(14(8-13)18-2)9-16-7-3-4-12(15)10-16/h5-6,8,12H,3-4,7,9-10,15H2,1-2H3. The number of nitrogens with zero attached hydrogens (tertiary/aromatic N) is 1. The summed E-state index contributed by atoms with van der Waals surface area (Å²) in [5, 5.41) is 0. The molecule has 0 bridgehead atoms. The fourth-order valence-electron chi connectivity index (χ4n) is 2.46.